The SMILES string of the molecule is CC(S[PH](=S)SCc1cccc(Cc2ccccc2)c1)C(=O)NC(Cc1ccccc1)S[PH](=S)SCc1ccccc1. The van der Waals surface area contributed by atoms with E-state index in [4.69, 9.17) is 23.6 Å². The van der Waals surface area contributed by atoms with Gasteiger partial charge in [0.05, 0.1) is 10.6 Å². The summed E-state index contributed by atoms with van der Waals surface area (Å²) in [6.07, 6.45) is 1.68. The number of hydrogen-bond donors (Lipinski definition) is 1. The minimum atomic E-state index is -1.23. The van der Waals surface area contributed by atoms with E-state index in [1.165, 1.54) is 27.8 Å². The Hall–Kier alpha value is -0.950. The van der Waals surface area contributed by atoms with Gasteiger partial charge in [-0.1, -0.05) is 150 Å². The van der Waals surface area contributed by atoms with Crippen molar-refractivity contribution in [2.24, 2.45) is 0 Å². The molecule has 4 rings (SSSR count). The van der Waals surface area contributed by atoms with Gasteiger partial charge in [-0.15, -0.1) is 34.1 Å². The van der Waals surface area contributed by atoms with Crippen molar-refractivity contribution < 1.29 is 4.79 Å². The molecule has 4 aromatic rings. The highest BCUT2D eigenvalue weighted by Crippen LogP contribution is 2.55. The van der Waals surface area contributed by atoms with E-state index < -0.39 is 10.2 Å². The van der Waals surface area contributed by atoms with Gasteiger partial charge in [0.15, 0.2) is 0 Å². The molecule has 0 spiro atoms. The zero-order valence-corrected chi connectivity index (χ0v) is 30.2. The Morgan fingerprint density at radius 2 is 1.17 bits per heavy atom. The lowest BCUT2D eigenvalue weighted by Crippen LogP contribution is -2.38. The quantitative estimate of drug-likeness (QED) is 0.0918. The topological polar surface area (TPSA) is 29.1 Å². The van der Waals surface area contributed by atoms with Crippen LogP contribution in [0.3, 0.4) is 0 Å². The van der Waals surface area contributed by atoms with E-state index >= 15 is 0 Å². The van der Waals surface area contributed by atoms with E-state index in [0.717, 1.165) is 24.3 Å². The molecule has 4 unspecified atom stereocenters. The molecule has 1 N–H and O–H groups in total. The van der Waals surface area contributed by atoms with Crippen LogP contribution in [0.2, 0.25) is 0 Å². The van der Waals surface area contributed by atoms with E-state index in [0.29, 0.717) is 0 Å². The molecule has 42 heavy (non-hydrogen) atoms. The van der Waals surface area contributed by atoms with Crippen molar-refractivity contribution in [2.75, 3.05) is 0 Å². The van der Waals surface area contributed by atoms with Gasteiger partial charge in [-0.05, 0) is 41.2 Å². The molecule has 220 valence electrons. The summed E-state index contributed by atoms with van der Waals surface area (Å²) in [6, 6.07) is 40.1. The molecule has 0 saturated heterocycles. The van der Waals surface area contributed by atoms with Gasteiger partial charge in [-0.3, -0.25) is 4.79 Å². The third-order valence-electron chi connectivity index (χ3n) is 6.25. The van der Waals surface area contributed by atoms with Gasteiger partial charge in [0.25, 0.3) is 0 Å². The summed E-state index contributed by atoms with van der Waals surface area (Å²) in [5.41, 5.74) is 6.39. The summed E-state index contributed by atoms with van der Waals surface area (Å²) in [5.74, 6) is 1.82. The predicted octanol–water partition coefficient (Wildman–Crippen LogP) is 10.00. The molecule has 0 saturated carbocycles. The third-order valence-corrected chi connectivity index (χ3v) is 22.3. The van der Waals surface area contributed by atoms with Gasteiger partial charge in [0.2, 0.25) is 5.91 Å². The molecule has 0 bridgehead atoms. The maximum absolute atomic E-state index is 13.3. The van der Waals surface area contributed by atoms with Crippen LogP contribution in [0.1, 0.15) is 34.7 Å². The van der Waals surface area contributed by atoms with Gasteiger partial charge in [-0.25, -0.2) is 0 Å². The molecule has 0 aliphatic rings. The van der Waals surface area contributed by atoms with Crippen molar-refractivity contribution in [3.8, 4) is 0 Å². The maximum Gasteiger partial charge on any atom is 0.234 e. The van der Waals surface area contributed by atoms with E-state index in [9.17, 15) is 4.79 Å². The molecular weight excluding hydrogens is 669 g/mol. The van der Waals surface area contributed by atoms with E-state index in [2.05, 4.69) is 90.2 Å². The molecule has 0 aliphatic heterocycles. The van der Waals surface area contributed by atoms with Crippen LogP contribution in [0.5, 0.6) is 0 Å². The Morgan fingerprint density at radius 1 is 0.667 bits per heavy atom. The Labute approximate surface area is 278 Å². The lowest BCUT2D eigenvalue weighted by atomic mass is 10.0. The number of carbonyl (C=O) groups excluding carboxylic acids is 1. The van der Waals surface area contributed by atoms with Gasteiger partial charge in [0, 0.05) is 28.1 Å². The molecule has 0 heterocycles. The fourth-order valence-electron chi connectivity index (χ4n) is 4.13. The molecule has 2 nitrogen and oxygen atoms in total. The van der Waals surface area contributed by atoms with E-state index in [1.54, 1.807) is 34.1 Å². The summed E-state index contributed by atoms with van der Waals surface area (Å²) >= 11 is 18.8. The van der Waals surface area contributed by atoms with Crippen molar-refractivity contribution >= 4 is 85.2 Å². The second kappa shape index (κ2) is 18.8. The highest BCUT2D eigenvalue weighted by molar-refractivity contribution is 8.94. The van der Waals surface area contributed by atoms with Crippen LogP contribution in [-0.2, 0) is 52.8 Å². The monoisotopic (exact) mass is 703 g/mol. The van der Waals surface area contributed by atoms with Crippen LogP contribution < -0.4 is 5.32 Å². The summed E-state index contributed by atoms with van der Waals surface area (Å²) in [6.45, 7) is 1.98. The smallest absolute Gasteiger partial charge is 0.234 e. The largest absolute Gasteiger partial charge is 0.343 e. The summed E-state index contributed by atoms with van der Waals surface area (Å²) in [7, 11) is 0. The zero-order valence-electron chi connectivity index (χ0n) is 23.3. The van der Waals surface area contributed by atoms with Gasteiger partial charge in [0.1, 0.15) is 0 Å². The van der Waals surface area contributed by atoms with Crippen molar-refractivity contribution in [2.45, 2.75) is 41.9 Å². The fourth-order valence-corrected chi connectivity index (χ4v) is 18.8. The number of carbonyl (C=O) groups is 1. The fraction of sp³-hybridized carbons (Fsp3) is 0.219. The molecular formula is C32H35NOP2S6. The zero-order chi connectivity index (χ0) is 29.6. The minimum absolute atomic E-state index is 0.0455. The average Bonchev–Trinajstić information content (AvgIpc) is 3.00. The lowest BCUT2D eigenvalue weighted by Gasteiger charge is -2.22. The summed E-state index contributed by atoms with van der Waals surface area (Å²) < 4.78 is 0. The second-order valence-corrected chi connectivity index (χ2v) is 28.7. The first kappa shape index (κ1) is 33.9. The van der Waals surface area contributed by atoms with Crippen molar-refractivity contribution in [3.63, 3.8) is 0 Å². The standard InChI is InChI=1S/C32H35NOP2S6/c1-25(41-35(37)40-24-30-19-11-18-29(21-30)20-26-12-5-2-6-13-26)32(34)33-31(22-27-14-7-3-8-15-27)42-36(38)39-23-28-16-9-4-10-17-28/h2-19,21,25,31,35-36H,20,22-24H2,1H3,(H,33,34). The molecule has 10 heteroatoms. The number of rotatable bonds is 16. The first-order chi connectivity index (χ1) is 20.4. The van der Waals surface area contributed by atoms with Gasteiger partial charge in [-0.2, -0.15) is 0 Å². The van der Waals surface area contributed by atoms with Gasteiger partial charge < -0.3 is 5.32 Å². The van der Waals surface area contributed by atoms with Crippen LogP contribution in [-0.4, -0.2) is 16.5 Å². The summed E-state index contributed by atoms with van der Waals surface area (Å²) in [5, 5.41) is 0.643. The molecule has 0 aliphatic carbocycles. The Kier molecular flexibility index (Phi) is 15.2. The van der Waals surface area contributed by atoms with Crippen LogP contribution in [0.25, 0.3) is 0 Å². The maximum atomic E-state index is 13.3. The Balaban J connectivity index is 1.27. The first-order valence-corrected chi connectivity index (χ1v) is 25.5. The third kappa shape index (κ3) is 12.6. The van der Waals surface area contributed by atoms with Crippen LogP contribution in [0, 0.1) is 0 Å². The minimum Gasteiger partial charge on any atom is -0.343 e. The highest BCUT2D eigenvalue weighted by Gasteiger charge is 2.21. The normalized spacial score (nSPS) is 14.0. The molecule has 0 aromatic heterocycles. The predicted molar refractivity (Wildman–Crippen MR) is 203 cm³/mol. The molecule has 4 atom stereocenters. The molecule has 0 radical (unpaired) electrons. The Morgan fingerprint density at radius 3 is 1.81 bits per heavy atom. The Bertz CT molecular complexity index is 1440. The van der Waals surface area contributed by atoms with Crippen LogP contribution in [0.15, 0.2) is 115 Å². The molecule has 4 aromatic carbocycles. The molecule has 0 fully saturated rings. The van der Waals surface area contributed by atoms with Crippen molar-refractivity contribution in [1.82, 2.24) is 5.32 Å². The average molecular weight is 704 g/mol. The highest BCUT2D eigenvalue weighted by atomic mass is 33.2. The van der Waals surface area contributed by atoms with E-state index in [-0.39, 0.29) is 16.5 Å². The number of nitrogens with one attached hydrogen (secondary N) is 1. The van der Waals surface area contributed by atoms with Crippen molar-refractivity contribution in [3.05, 3.63) is 143 Å². The van der Waals surface area contributed by atoms with Gasteiger partial charge >= 0.3 is 0 Å². The first-order valence-electron chi connectivity index (χ1n) is 13.6. The van der Waals surface area contributed by atoms with Crippen LogP contribution >= 0.6 is 55.7 Å². The molecule has 1 amide bonds. The number of amides is 1. The van der Waals surface area contributed by atoms with E-state index in [1.807, 2.05) is 48.6 Å². The number of hydrogen-bond acceptors (Lipinski definition) is 7. The second-order valence-electron chi connectivity index (χ2n) is 9.61. The lowest BCUT2D eigenvalue weighted by molar-refractivity contribution is -0.120. The summed E-state index contributed by atoms with van der Waals surface area (Å²) in [4.78, 5) is 13.3. The van der Waals surface area contributed by atoms with Crippen molar-refractivity contribution in [1.29, 1.82) is 0 Å². The van der Waals surface area contributed by atoms with Crippen LogP contribution in [0.4, 0.5) is 0 Å². The number of benzene rings is 4.